The number of hydrogen-bond acceptors (Lipinski definition) is 2. The third-order valence-electron chi connectivity index (χ3n) is 3.86. The van der Waals surface area contributed by atoms with Crippen LogP contribution in [0.25, 0.3) is 0 Å². The predicted molar refractivity (Wildman–Crippen MR) is 97.1 cm³/mol. The quantitative estimate of drug-likeness (QED) is 0.295. The Bertz CT molecular complexity index is 475. The lowest BCUT2D eigenvalue weighted by Crippen LogP contribution is -2.16. The molecule has 0 rings (SSSR count). The molecule has 5 heteroatoms. The molecule has 0 aliphatic heterocycles. The van der Waals surface area contributed by atoms with E-state index in [4.69, 9.17) is 28.6 Å². The minimum Gasteiger partial charge on any atom is -0.305 e. The number of halogens is 3. The van der Waals surface area contributed by atoms with Gasteiger partial charge in [0.15, 0.2) is 0 Å². The molecule has 0 saturated carbocycles. The van der Waals surface area contributed by atoms with Crippen molar-refractivity contribution in [3.8, 4) is 0 Å². The summed E-state index contributed by atoms with van der Waals surface area (Å²) in [4.78, 5) is 4.03. The van der Waals surface area contributed by atoms with E-state index in [9.17, 15) is 4.39 Å². The molecule has 3 unspecified atom stereocenters. The molecule has 2 nitrogen and oxygen atoms in total. The molecular weight excluding hydrogens is 322 g/mol. The largest absolute Gasteiger partial charge is 0.305 e. The van der Waals surface area contributed by atoms with Crippen LogP contribution in [0.3, 0.4) is 0 Å². The van der Waals surface area contributed by atoms with Crippen molar-refractivity contribution in [2.24, 2.45) is 16.8 Å². The van der Waals surface area contributed by atoms with Gasteiger partial charge in [0.05, 0.1) is 0 Å². The molecule has 3 atom stereocenters. The summed E-state index contributed by atoms with van der Waals surface area (Å²) in [5.74, 6) is 0.0768. The van der Waals surface area contributed by atoms with E-state index in [0.717, 1.165) is 12.0 Å². The van der Waals surface area contributed by atoms with Gasteiger partial charge in [-0.2, -0.15) is 0 Å². The van der Waals surface area contributed by atoms with E-state index in [-0.39, 0.29) is 17.0 Å². The van der Waals surface area contributed by atoms with E-state index in [1.807, 2.05) is 20.8 Å². The maximum atomic E-state index is 13.4. The van der Waals surface area contributed by atoms with Gasteiger partial charge < -0.3 is 5.41 Å². The van der Waals surface area contributed by atoms with Gasteiger partial charge in [0, 0.05) is 11.3 Å². The van der Waals surface area contributed by atoms with Crippen molar-refractivity contribution in [2.75, 3.05) is 0 Å². The second-order valence-electron chi connectivity index (χ2n) is 5.75. The van der Waals surface area contributed by atoms with Gasteiger partial charge >= 0.3 is 0 Å². The average Bonchev–Trinajstić information content (AvgIpc) is 2.40. The van der Waals surface area contributed by atoms with Crippen molar-refractivity contribution in [3.63, 3.8) is 0 Å². The number of rotatable bonds is 8. The molecule has 0 aromatic heterocycles. The summed E-state index contributed by atoms with van der Waals surface area (Å²) in [6, 6.07) is 0. The van der Waals surface area contributed by atoms with Crippen LogP contribution >= 0.6 is 23.2 Å². The van der Waals surface area contributed by atoms with Crippen molar-refractivity contribution in [1.29, 1.82) is 5.41 Å². The fourth-order valence-electron chi connectivity index (χ4n) is 2.03. The Balaban J connectivity index is 5.42. The zero-order valence-corrected chi connectivity index (χ0v) is 15.8. The third-order valence-corrected chi connectivity index (χ3v) is 4.26. The molecule has 0 amide bonds. The first-order valence-electron chi connectivity index (χ1n) is 7.58. The van der Waals surface area contributed by atoms with Crippen LogP contribution in [0.2, 0.25) is 0 Å². The van der Waals surface area contributed by atoms with Crippen molar-refractivity contribution < 1.29 is 4.39 Å². The topological polar surface area (TPSA) is 36.2 Å². The molecule has 0 aromatic rings. The standard InChI is InChI=1S/C17H27Cl2FN2/c1-7-15(8-10(2)11(3)12(4)20)9-16(13(5)21)17(19)22-14(6)18/h8,10-12,21H,7,9H2,1-6H3/b15-8-,17-16-,21-13?,22-14+. The molecule has 126 valence electrons. The van der Waals surface area contributed by atoms with Crippen molar-refractivity contribution in [1.82, 2.24) is 0 Å². The lowest BCUT2D eigenvalue weighted by atomic mass is 9.88. The van der Waals surface area contributed by atoms with Crippen LogP contribution < -0.4 is 0 Å². The highest BCUT2D eigenvalue weighted by Gasteiger charge is 2.18. The second kappa shape index (κ2) is 10.2. The lowest BCUT2D eigenvalue weighted by molar-refractivity contribution is 0.227. The minimum atomic E-state index is -0.851. The summed E-state index contributed by atoms with van der Waals surface area (Å²) in [7, 11) is 0. The minimum absolute atomic E-state index is 0.0476. The van der Waals surface area contributed by atoms with Crippen LogP contribution in [0, 0.1) is 17.2 Å². The highest BCUT2D eigenvalue weighted by molar-refractivity contribution is 6.65. The van der Waals surface area contributed by atoms with Crippen LogP contribution in [0.15, 0.2) is 27.4 Å². The maximum Gasteiger partial charge on any atom is 0.135 e. The molecule has 0 aliphatic rings. The molecular formula is C17H27Cl2FN2. The molecule has 0 spiro atoms. The zero-order chi connectivity index (χ0) is 17.4. The Kier molecular flexibility index (Phi) is 9.86. The maximum absolute atomic E-state index is 13.4. The van der Waals surface area contributed by atoms with E-state index < -0.39 is 6.17 Å². The van der Waals surface area contributed by atoms with Gasteiger partial charge in [0.25, 0.3) is 0 Å². The van der Waals surface area contributed by atoms with Crippen LogP contribution in [-0.4, -0.2) is 17.1 Å². The van der Waals surface area contributed by atoms with Gasteiger partial charge in [-0.05, 0) is 45.4 Å². The smallest absolute Gasteiger partial charge is 0.135 e. The number of nitrogens with one attached hydrogen (secondary N) is 1. The Morgan fingerprint density at radius 1 is 1.23 bits per heavy atom. The van der Waals surface area contributed by atoms with E-state index >= 15 is 0 Å². The fourth-order valence-corrected chi connectivity index (χ4v) is 2.50. The van der Waals surface area contributed by atoms with Crippen molar-refractivity contribution >= 4 is 34.1 Å². The summed E-state index contributed by atoms with van der Waals surface area (Å²) < 4.78 is 13.4. The van der Waals surface area contributed by atoms with Gasteiger partial charge in [-0.1, -0.05) is 55.6 Å². The summed E-state index contributed by atoms with van der Waals surface area (Å²) in [5.41, 5.74) is 2.15. The van der Waals surface area contributed by atoms with E-state index in [1.54, 1.807) is 20.8 Å². The summed E-state index contributed by atoms with van der Waals surface area (Å²) in [6.07, 6.45) is 2.60. The summed E-state index contributed by atoms with van der Waals surface area (Å²) in [6.45, 7) is 10.9. The first kappa shape index (κ1) is 21.3. The molecule has 0 heterocycles. The average molecular weight is 349 g/mol. The van der Waals surface area contributed by atoms with Crippen LogP contribution in [-0.2, 0) is 0 Å². The first-order valence-corrected chi connectivity index (χ1v) is 8.34. The third kappa shape index (κ3) is 7.55. The molecule has 0 fully saturated rings. The van der Waals surface area contributed by atoms with Crippen LogP contribution in [0.1, 0.15) is 54.4 Å². The summed E-state index contributed by atoms with van der Waals surface area (Å²) in [5, 5.41) is 8.47. The Hall–Kier alpha value is -0.670. The van der Waals surface area contributed by atoms with Crippen molar-refractivity contribution in [3.05, 3.63) is 22.4 Å². The molecule has 0 aromatic carbocycles. The van der Waals surface area contributed by atoms with Crippen molar-refractivity contribution in [2.45, 2.75) is 60.6 Å². The monoisotopic (exact) mass is 348 g/mol. The molecule has 22 heavy (non-hydrogen) atoms. The number of nitrogens with zero attached hydrogens (tertiary/aromatic N) is 1. The Labute approximate surface area is 144 Å². The number of hydrogen-bond donors (Lipinski definition) is 1. The van der Waals surface area contributed by atoms with Gasteiger partial charge in [0.1, 0.15) is 16.5 Å². The molecule has 0 radical (unpaired) electrons. The molecule has 0 saturated heterocycles. The van der Waals surface area contributed by atoms with Gasteiger partial charge in [-0.25, -0.2) is 9.38 Å². The zero-order valence-electron chi connectivity index (χ0n) is 14.3. The number of allylic oxidation sites excluding steroid dienone is 3. The van der Waals surface area contributed by atoms with E-state index in [2.05, 4.69) is 11.1 Å². The van der Waals surface area contributed by atoms with E-state index in [0.29, 0.717) is 22.9 Å². The highest BCUT2D eigenvalue weighted by atomic mass is 35.5. The molecule has 0 aliphatic carbocycles. The van der Waals surface area contributed by atoms with E-state index in [1.165, 1.54) is 0 Å². The van der Waals surface area contributed by atoms with Gasteiger partial charge in [-0.3, -0.25) is 0 Å². The normalized spacial score (nSPS) is 18.6. The highest BCUT2D eigenvalue weighted by Crippen LogP contribution is 2.26. The Morgan fingerprint density at radius 2 is 1.77 bits per heavy atom. The predicted octanol–water partition coefficient (Wildman–Crippen LogP) is 6.49. The molecule has 1 N–H and O–H groups in total. The Morgan fingerprint density at radius 3 is 2.14 bits per heavy atom. The van der Waals surface area contributed by atoms with Crippen LogP contribution in [0.4, 0.5) is 4.39 Å². The first-order chi connectivity index (χ1) is 10.1. The SMILES string of the molecule is CC/C(=C/C(C)C(C)C(C)F)C/C(C(C)=N)=C(Cl)/N=C(\C)Cl. The van der Waals surface area contributed by atoms with Gasteiger partial charge in [-0.15, -0.1) is 0 Å². The second-order valence-corrected chi connectivity index (χ2v) is 6.66. The fraction of sp³-hybridized carbons (Fsp3) is 0.647. The van der Waals surface area contributed by atoms with Crippen LogP contribution in [0.5, 0.6) is 0 Å². The summed E-state index contributed by atoms with van der Waals surface area (Å²) >= 11 is 11.9. The van der Waals surface area contributed by atoms with Gasteiger partial charge in [0.2, 0.25) is 0 Å². The molecule has 0 bridgehead atoms. The number of aliphatic imine (C=N–C) groups is 1. The number of alkyl halides is 1. The lowest BCUT2D eigenvalue weighted by Gasteiger charge is -2.20.